The molecule has 4 heterocycles. The molecule has 8 heteroatoms. The molecule has 39 heavy (non-hydrogen) atoms. The molecule has 7 rings (SSSR count). The van der Waals surface area contributed by atoms with E-state index >= 15 is 0 Å². The van der Waals surface area contributed by atoms with Crippen molar-refractivity contribution in [3.63, 3.8) is 0 Å². The van der Waals surface area contributed by atoms with Gasteiger partial charge in [0.25, 0.3) is 5.56 Å². The number of rotatable bonds is 5. The first-order valence-electron chi connectivity index (χ1n) is 15.3. The van der Waals surface area contributed by atoms with E-state index in [2.05, 4.69) is 4.90 Å². The van der Waals surface area contributed by atoms with Gasteiger partial charge in [0.15, 0.2) is 11.9 Å². The third kappa shape index (κ3) is 4.38. The van der Waals surface area contributed by atoms with Gasteiger partial charge in [-0.25, -0.2) is 9.78 Å². The highest BCUT2D eigenvalue weighted by Gasteiger charge is 2.48. The zero-order valence-electron chi connectivity index (χ0n) is 23.1. The predicted molar refractivity (Wildman–Crippen MR) is 150 cm³/mol. The van der Waals surface area contributed by atoms with E-state index in [0.717, 1.165) is 35.7 Å². The maximum atomic E-state index is 14.2. The fourth-order valence-electron chi connectivity index (χ4n) is 9.18. The minimum atomic E-state index is -0.982. The maximum absolute atomic E-state index is 14.2. The Hall–Kier alpha value is -2.45. The van der Waals surface area contributed by atoms with Crippen LogP contribution >= 0.6 is 0 Å². The number of benzene rings is 1. The molecule has 1 aromatic carbocycles. The van der Waals surface area contributed by atoms with Crippen molar-refractivity contribution in [2.24, 2.45) is 11.8 Å². The molecule has 5 fully saturated rings. The molecule has 7 atom stereocenters. The quantitative estimate of drug-likeness (QED) is 0.600. The number of aliphatic carboxylic acids is 1. The monoisotopic (exact) mass is 534 g/mol. The highest BCUT2D eigenvalue weighted by molar-refractivity contribution is 5.83. The van der Waals surface area contributed by atoms with Crippen molar-refractivity contribution in [1.82, 2.24) is 14.5 Å². The SMILES string of the molecule is CO[C@H]1CN(c2nc3ccccc3n([C@H]3C[C@H]4CCC[C@@H](C3)N4C3CC4CCCCC(C4)C3)c2=O)[C@@H]1C(=O)O. The molecule has 2 unspecified atom stereocenters. The van der Waals surface area contributed by atoms with Crippen LogP contribution in [0, 0.1) is 11.8 Å². The summed E-state index contributed by atoms with van der Waals surface area (Å²) in [4.78, 5) is 35.5. The maximum Gasteiger partial charge on any atom is 0.329 e. The summed E-state index contributed by atoms with van der Waals surface area (Å²) in [7, 11) is 1.53. The smallest absolute Gasteiger partial charge is 0.329 e. The van der Waals surface area contributed by atoms with Gasteiger partial charge in [-0.05, 0) is 68.9 Å². The average Bonchev–Trinajstić information content (AvgIpc) is 3.06. The molecule has 0 spiro atoms. The van der Waals surface area contributed by atoms with Crippen molar-refractivity contribution in [1.29, 1.82) is 0 Å². The van der Waals surface area contributed by atoms with Crippen molar-refractivity contribution >= 4 is 22.8 Å². The lowest BCUT2D eigenvalue weighted by atomic mass is 9.73. The lowest BCUT2D eigenvalue weighted by Crippen LogP contribution is -2.66. The molecule has 4 bridgehead atoms. The van der Waals surface area contributed by atoms with Crippen LogP contribution < -0.4 is 10.5 Å². The summed E-state index contributed by atoms with van der Waals surface area (Å²) in [5.41, 5.74) is 1.46. The van der Waals surface area contributed by atoms with Crippen molar-refractivity contribution in [3.05, 3.63) is 34.6 Å². The van der Waals surface area contributed by atoms with E-state index in [-0.39, 0.29) is 17.4 Å². The minimum absolute atomic E-state index is 0.101. The number of carboxylic acids is 1. The second-order valence-electron chi connectivity index (χ2n) is 13.0. The van der Waals surface area contributed by atoms with Crippen LogP contribution in [0.15, 0.2) is 29.1 Å². The third-order valence-corrected chi connectivity index (χ3v) is 10.8. The number of anilines is 1. The van der Waals surface area contributed by atoms with Gasteiger partial charge in [0, 0.05) is 37.8 Å². The zero-order chi connectivity index (χ0) is 26.7. The first kappa shape index (κ1) is 25.5. The molecule has 1 N–H and O–H groups in total. The number of carbonyl (C=O) groups is 1. The van der Waals surface area contributed by atoms with Crippen LogP contribution in [0.5, 0.6) is 0 Å². The summed E-state index contributed by atoms with van der Waals surface area (Å²) in [6.45, 7) is 0.363. The summed E-state index contributed by atoms with van der Waals surface area (Å²) in [5, 5.41) is 9.86. The van der Waals surface area contributed by atoms with Gasteiger partial charge in [-0.15, -0.1) is 0 Å². The third-order valence-electron chi connectivity index (χ3n) is 10.8. The number of carboxylic acid groups (broad SMARTS) is 1. The van der Waals surface area contributed by atoms with Crippen LogP contribution in [0.4, 0.5) is 5.82 Å². The average molecular weight is 535 g/mol. The molecule has 2 aromatic rings. The molecule has 5 aliphatic rings. The van der Waals surface area contributed by atoms with Gasteiger partial charge in [-0.3, -0.25) is 9.69 Å². The molecule has 2 saturated carbocycles. The second-order valence-corrected chi connectivity index (χ2v) is 13.0. The van der Waals surface area contributed by atoms with E-state index in [1.165, 1.54) is 71.3 Å². The topological polar surface area (TPSA) is 87.9 Å². The molecular formula is C31H42N4O4. The number of piperidine rings is 2. The van der Waals surface area contributed by atoms with E-state index in [9.17, 15) is 14.7 Å². The molecular weight excluding hydrogens is 492 g/mol. The van der Waals surface area contributed by atoms with Gasteiger partial charge in [0.1, 0.15) is 6.10 Å². The van der Waals surface area contributed by atoms with Crippen LogP contribution in [-0.4, -0.2) is 69.5 Å². The van der Waals surface area contributed by atoms with E-state index in [1.54, 1.807) is 4.90 Å². The zero-order valence-corrected chi connectivity index (χ0v) is 23.1. The van der Waals surface area contributed by atoms with Crippen molar-refractivity contribution in [2.75, 3.05) is 18.6 Å². The molecule has 1 aromatic heterocycles. The Morgan fingerprint density at radius 3 is 2.26 bits per heavy atom. The summed E-state index contributed by atoms with van der Waals surface area (Å²) >= 11 is 0. The highest BCUT2D eigenvalue weighted by atomic mass is 16.5. The molecule has 3 aliphatic heterocycles. The fourth-order valence-corrected chi connectivity index (χ4v) is 9.18. The minimum Gasteiger partial charge on any atom is -0.480 e. The number of para-hydroxylation sites is 2. The van der Waals surface area contributed by atoms with Crippen LogP contribution in [-0.2, 0) is 9.53 Å². The number of nitrogens with zero attached hydrogens (tertiary/aromatic N) is 4. The first-order chi connectivity index (χ1) is 19.0. The van der Waals surface area contributed by atoms with Gasteiger partial charge in [0.2, 0.25) is 0 Å². The highest BCUT2D eigenvalue weighted by Crippen LogP contribution is 2.47. The Labute approximate surface area is 230 Å². The van der Waals surface area contributed by atoms with Gasteiger partial charge < -0.3 is 19.3 Å². The van der Waals surface area contributed by atoms with Crippen LogP contribution in [0.2, 0.25) is 0 Å². The number of fused-ring (bicyclic) bond motifs is 5. The van der Waals surface area contributed by atoms with Crippen LogP contribution in [0.3, 0.4) is 0 Å². The van der Waals surface area contributed by atoms with Gasteiger partial charge in [-0.1, -0.05) is 44.2 Å². The number of methoxy groups -OCH3 is 1. The van der Waals surface area contributed by atoms with E-state index in [0.29, 0.717) is 24.7 Å². The number of aromatic nitrogens is 2. The Bertz CT molecular complexity index is 1270. The normalized spacial score (nSPS) is 36.8. The Kier molecular flexibility index (Phi) is 6.66. The number of ether oxygens (including phenoxy) is 1. The number of hydrogen-bond acceptors (Lipinski definition) is 6. The lowest BCUT2D eigenvalue weighted by Gasteiger charge is -2.54. The molecule has 0 amide bonds. The first-order valence-corrected chi connectivity index (χ1v) is 15.3. The van der Waals surface area contributed by atoms with Gasteiger partial charge in [-0.2, -0.15) is 0 Å². The Morgan fingerprint density at radius 1 is 0.897 bits per heavy atom. The summed E-state index contributed by atoms with van der Waals surface area (Å²) in [5.74, 6) is 1.07. The summed E-state index contributed by atoms with van der Waals surface area (Å²) < 4.78 is 7.36. The molecule has 8 nitrogen and oxygen atoms in total. The van der Waals surface area contributed by atoms with E-state index < -0.39 is 18.1 Å². The molecule has 210 valence electrons. The Morgan fingerprint density at radius 2 is 1.59 bits per heavy atom. The van der Waals surface area contributed by atoms with Gasteiger partial charge >= 0.3 is 5.97 Å². The Balaban J connectivity index is 1.22. The lowest BCUT2D eigenvalue weighted by molar-refractivity contribution is -0.145. The van der Waals surface area contributed by atoms with E-state index in [1.807, 2.05) is 28.8 Å². The molecule has 2 aliphatic carbocycles. The van der Waals surface area contributed by atoms with Crippen LogP contribution in [0.1, 0.15) is 83.1 Å². The van der Waals surface area contributed by atoms with Gasteiger partial charge in [0.05, 0.1) is 11.0 Å². The largest absolute Gasteiger partial charge is 0.480 e. The van der Waals surface area contributed by atoms with Crippen molar-refractivity contribution in [2.45, 2.75) is 113 Å². The summed E-state index contributed by atoms with van der Waals surface area (Å²) in [6.07, 6.45) is 15.1. The molecule has 3 saturated heterocycles. The van der Waals surface area contributed by atoms with Crippen molar-refractivity contribution in [3.8, 4) is 0 Å². The summed E-state index contributed by atoms with van der Waals surface area (Å²) in [6, 6.07) is 8.81. The van der Waals surface area contributed by atoms with Crippen molar-refractivity contribution < 1.29 is 14.6 Å². The predicted octanol–water partition coefficient (Wildman–Crippen LogP) is 4.60. The molecule has 0 radical (unpaired) electrons. The fraction of sp³-hybridized carbons (Fsp3) is 0.710. The second kappa shape index (κ2) is 10.2. The van der Waals surface area contributed by atoms with Crippen LogP contribution in [0.25, 0.3) is 11.0 Å². The standard InChI is InChI=1S/C31H42N4O4/c1-39-27-18-33(28(27)31(37)38)29-30(36)35(26-12-5-4-11-25(26)32-29)24-16-21-9-6-10-22(17-24)34(21)23-14-19-7-2-3-8-20(13-19)15-23/h4-5,11-12,19-24,27-28H,2-3,6-10,13-18H2,1H3,(H,37,38)/t19?,20?,21-,22+,23?,24+,27-,28-/m0/s1. The number of hydrogen-bond donors (Lipinski definition) is 1. The van der Waals surface area contributed by atoms with E-state index in [4.69, 9.17) is 9.72 Å².